The molecule has 3 amide bonds. The average molecular weight is 628 g/mol. The fourth-order valence-corrected chi connectivity index (χ4v) is 6.73. The Kier molecular flexibility index (Phi) is 7.30. The molecule has 44 heavy (non-hydrogen) atoms. The third-order valence-corrected chi connectivity index (χ3v) is 9.13. The van der Waals surface area contributed by atoms with E-state index in [0.29, 0.717) is 15.7 Å². The molecule has 4 aliphatic rings. The van der Waals surface area contributed by atoms with Gasteiger partial charge in [0.05, 0.1) is 17.4 Å². The third-order valence-electron chi connectivity index (χ3n) is 8.63. The highest BCUT2D eigenvalue weighted by molar-refractivity contribution is 6.31. The zero-order valence-corrected chi connectivity index (χ0v) is 25.3. The van der Waals surface area contributed by atoms with Crippen molar-refractivity contribution in [3.05, 3.63) is 105 Å². The second-order valence-corrected chi connectivity index (χ2v) is 12.4. The summed E-state index contributed by atoms with van der Waals surface area (Å²) >= 11 is 12.3. The van der Waals surface area contributed by atoms with Crippen molar-refractivity contribution in [3.63, 3.8) is 0 Å². The van der Waals surface area contributed by atoms with Crippen LogP contribution in [-0.2, 0) is 14.4 Å². The number of imide groups is 1. The van der Waals surface area contributed by atoms with Crippen molar-refractivity contribution in [2.24, 2.45) is 21.4 Å². The number of benzene rings is 3. The second kappa shape index (κ2) is 11.3. The molecule has 7 rings (SSSR count). The molecular weight excluding hydrogens is 599 g/mol. The molecule has 3 aliphatic heterocycles. The van der Waals surface area contributed by atoms with Crippen LogP contribution in [0.5, 0.6) is 0 Å². The third kappa shape index (κ3) is 5.00. The van der Waals surface area contributed by atoms with E-state index in [1.165, 1.54) is 10.0 Å². The summed E-state index contributed by atoms with van der Waals surface area (Å²) in [4.78, 5) is 41.9. The molecule has 3 aromatic rings. The molecule has 4 atom stereocenters. The number of aryl methyl sites for hydroxylation is 1. The fraction of sp³-hybridized carbons (Fsp3) is 0.273. The number of nitrogens with zero attached hydrogens (tertiary/aromatic N) is 6. The Morgan fingerprint density at radius 2 is 1.59 bits per heavy atom. The summed E-state index contributed by atoms with van der Waals surface area (Å²) in [5, 5.41) is 17.3. The molecule has 222 valence electrons. The van der Waals surface area contributed by atoms with Crippen LogP contribution in [-0.4, -0.2) is 52.1 Å². The largest absolute Gasteiger partial charge is 0.271 e. The highest BCUT2D eigenvalue weighted by atomic mass is 35.5. The molecule has 0 unspecified atom stereocenters. The van der Waals surface area contributed by atoms with Gasteiger partial charge in [-0.1, -0.05) is 70.4 Å². The lowest BCUT2D eigenvalue weighted by molar-refractivity contribution is -0.136. The highest BCUT2D eigenvalue weighted by Gasteiger charge is 2.55. The van der Waals surface area contributed by atoms with Crippen LogP contribution in [0.25, 0.3) is 6.08 Å². The lowest BCUT2D eigenvalue weighted by atomic mass is 9.77. The summed E-state index contributed by atoms with van der Waals surface area (Å²) in [6, 6.07) is 19.9. The van der Waals surface area contributed by atoms with E-state index in [0.717, 1.165) is 52.1 Å². The van der Waals surface area contributed by atoms with E-state index in [9.17, 15) is 14.4 Å². The number of halogens is 2. The number of hydrazone groups is 1. The Morgan fingerprint density at radius 3 is 2.30 bits per heavy atom. The summed E-state index contributed by atoms with van der Waals surface area (Å²) in [5.41, 5.74) is 5.35. The van der Waals surface area contributed by atoms with E-state index >= 15 is 0 Å². The zero-order valence-electron chi connectivity index (χ0n) is 23.8. The van der Waals surface area contributed by atoms with Crippen LogP contribution in [0.15, 0.2) is 93.8 Å². The topological polar surface area (TPSA) is 98.0 Å². The first-order valence-corrected chi connectivity index (χ1v) is 15.3. The quantitative estimate of drug-likeness (QED) is 0.305. The van der Waals surface area contributed by atoms with E-state index in [2.05, 4.69) is 16.4 Å². The Labute approximate surface area is 264 Å². The van der Waals surface area contributed by atoms with Crippen molar-refractivity contribution in [3.8, 4) is 0 Å². The predicted molar refractivity (Wildman–Crippen MR) is 168 cm³/mol. The maximum absolute atomic E-state index is 14.1. The van der Waals surface area contributed by atoms with Crippen LogP contribution in [0.4, 0.5) is 5.69 Å². The van der Waals surface area contributed by atoms with Crippen molar-refractivity contribution in [2.45, 2.75) is 44.3 Å². The highest BCUT2D eigenvalue weighted by Crippen LogP contribution is 2.45. The lowest BCUT2D eigenvalue weighted by Gasteiger charge is -2.30. The molecule has 3 heterocycles. The maximum atomic E-state index is 14.1. The molecule has 0 radical (unpaired) electrons. The number of fused-ring (bicyclic) bond motifs is 2. The molecule has 0 N–H and O–H groups in total. The fourth-order valence-electron chi connectivity index (χ4n) is 6.47. The number of anilines is 1. The summed E-state index contributed by atoms with van der Waals surface area (Å²) in [6.45, 7) is 1.68. The van der Waals surface area contributed by atoms with E-state index in [1.54, 1.807) is 12.1 Å². The minimum absolute atomic E-state index is 0.0212. The van der Waals surface area contributed by atoms with Gasteiger partial charge in [-0.15, -0.1) is 0 Å². The molecule has 11 heteroatoms. The first kappa shape index (κ1) is 28.4. The molecule has 9 nitrogen and oxygen atoms in total. The first-order chi connectivity index (χ1) is 21.3. The van der Waals surface area contributed by atoms with Crippen molar-refractivity contribution in [1.29, 1.82) is 0 Å². The number of amides is 3. The Balaban J connectivity index is 1.18. The Bertz CT molecular complexity index is 1740. The molecule has 1 saturated heterocycles. The van der Waals surface area contributed by atoms with E-state index in [4.69, 9.17) is 28.3 Å². The summed E-state index contributed by atoms with van der Waals surface area (Å²) < 4.78 is 0. The summed E-state index contributed by atoms with van der Waals surface area (Å²) in [5.74, 6) is -1.27. The normalized spacial score (nSPS) is 25.1. The van der Waals surface area contributed by atoms with Gasteiger partial charge in [0.2, 0.25) is 0 Å². The standard InChI is InChI=1S/C33H28Cl2N6O3/c1-19-5-15-25(16-6-19)40-32(43)29-31(33(40)44)39(38-36-29)18-27(42)41-30(21-9-13-24(35)14-10-21)26-4-2-3-22(28(26)37-41)17-20-7-11-23(34)12-8-20/h5-17,26,29-31H,2-4,18H2,1H3/b22-17+/t26-,29-,30-,31+/m1/s1. The van der Waals surface area contributed by atoms with Gasteiger partial charge in [-0.05, 0) is 85.4 Å². The number of carbonyl (C=O) groups is 3. The smallest absolute Gasteiger partial charge is 0.264 e. The first-order valence-electron chi connectivity index (χ1n) is 14.5. The van der Waals surface area contributed by atoms with Crippen molar-refractivity contribution < 1.29 is 14.4 Å². The number of rotatable bonds is 5. The van der Waals surface area contributed by atoms with Crippen molar-refractivity contribution in [1.82, 2.24) is 10.0 Å². The van der Waals surface area contributed by atoms with Crippen LogP contribution in [0.2, 0.25) is 10.0 Å². The van der Waals surface area contributed by atoms with Gasteiger partial charge in [-0.25, -0.2) is 9.91 Å². The van der Waals surface area contributed by atoms with Crippen LogP contribution < -0.4 is 4.90 Å². The van der Waals surface area contributed by atoms with Gasteiger partial charge in [0.1, 0.15) is 6.54 Å². The Morgan fingerprint density at radius 1 is 0.909 bits per heavy atom. The maximum Gasteiger partial charge on any atom is 0.264 e. The van der Waals surface area contributed by atoms with Gasteiger partial charge in [0, 0.05) is 16.0 Å². The summed E-state index contributed by atoms with van der Waals surface area (Å²) in [6.07, 6.45) is 4.75. The van der Waals surface area contributed by atoms with E-state index in [-0.39, 0.29) is 24.4 Å². The van der Waals surface area contributed by atoms with Gasteiger partial charge in [-0.3, -0.25) is 19.4 Å². The molecule has 0 bridgehead atoms. The van der Waals surface area contributed by atoms with Gasteiger partial charge < -0.3 is 0 Å². The molecule has 2 fully saturated rings. The zero-order chi connectivity index (χ0) is 30.5. The van der Waals surface area contributed by atoms with E-state index in [1.807, 2.05) is 67.6 Å². The van der Waals surface area contributed by atoms with Gasteiger partial charge in [0.15, 0.2) is 12.1 Å². The van der Waals surface area contributed by atoms with E-state index < -0.39 is 23.9 Å². The number of hydrogen-bond donors (Lipinski definition) is 0. The minimum Gasteiger partial charge on any atom is -0.271 e. The Hall–Kier alpha value is -4.34. The second-order valence-electron chi connectivity index (χ2n) is 11.5. The molecule has 1 saturated carbocycles. The number of carbonyl (C=O) groups excluding carboxylic acids is 3. The monoisotopic (exact) mass is 626 g/mol. The lowest BCUT2D eigenvalue weighted by Crippen LogP contribution is -2.45. The SMILES string of the molecule is Cc1ccc(N2C(=O)[C@@H]3[C@@H](N=NN3CC(=O)N3N=C4/C(=C/c5ccc(Cl)cc5)CCC[C@H]4[C@H]3c3ccc(Cl)cc3)C2=O)cc1. The van der Waals surface area contributed by atoms with Crippen LogP contribution in [0.1, 0.15) is 42.0 Å². The molecular formula is C33H28Cl2N6O3. The van der Waals surface area contributed by atoms with Crippen molar-refractivity contribution in [2.75, 3.05) is 11.4 Å². The van der Waals surface area contributed by atoms with Gasteiger partial charge in [0.25, 0.3) is 17.7 Å². The molecule has 1 aliphatic carbocycles. The van der Waals surface area contributed by atoms with Gasteiger partial charge in [-0.2, -0.15) is 10.2 Å². The van der Waals surface area contributed by atoms with Crippen LogP contribution in [0, 0.1) is 12.8 Å². The minimum atomic E-state index is -0.995. The molecule has 0 spiro atoms. The van der Waals surface area contributed by atoms with Crippen LogP contribution in [0.3, 0.4) is 0 Å². The molecule has 0 aromatic heterocycles. The predicted octanol–water partition coefficient (Wildman–Crippen LogP) is 6.42. The number of allylic oxidation sites excluding steroid dienone is 1. The summed E-state index contributed by atoms with van der Waals surface area (Å²) in [7, 11) is 0. The number of hydrogen-bond acceptors (Lipinski definition) is 7. The van der Waals surface area contributed by atoms with Crippen molar-refractivity contribution >= 4 is 58.4 Å². The molecule has 3 aromatic carbocycles. The van der Waals surface area contributed by atoms with Crippen LogP contribution >= 0.6 is 23.2 Å². The average Bonchev–Trinajstić information content (AvgIpc) is 3.69. The van der Waals surface area contributed by atoms with Gasteiger partial charge >= 0.3 is 0 Å².